The van der Waals surface area contributed by atoms with Crippen LogP contribution < -0.4 is 9.62 Å². The predicted molar refractivity (Wildman–Crippen MR) is 126 cm³/mol. The van der Waals surface area contributed by atoms with Crippen molar-refractivity contribution in [1.82, 2.24) is 0 Å². The predicted octanol–water partition coefficient (Wildman–Crippen LogP) is 5.06. The first-order valence-corrected chi connectivity index (χ1v) is 11.6. The van der Waals surface area contributed by atoms with Crippen LogP contribution in [0.5, 0.6) is 0 Å². The monoisotopic (exact) mass is 436 g/mol. The third-order valence-corrected chi connectivity index (χ3v) is 7.04. The summed E-state index contributed by atoms with van der Waals surface area (Å²) < 4.78 is 28.3. The van der Waals surface area contributed by atoms with Crippen LogP contribution in [0.3, 0.4) is 0 Å². The van der Waals surface area contributed by atoms with Gasteiger partial charge in [0.1, 0.15) is 6.54 Å². The molecule has 1 N–H and O–H groups in total. The van der Waals surface area contributed by atoms with Gasteiger partial charge in [-0.05, 0) is 69.5 Å². The molecule has 0 aromatic heterocycles. The van der Waals surface area contributed by atoms with E-state index in [1.165, 1.54) is 4.31 Å². The molecule has 0 saturated carbocycles. The zero-order valence-electron chi connectivity index (χ0n) is 18.6. The number of nitrogens with zero attached hydrogens (tertiary/aromatic N) is 1. The van der Waals surface area contributed by atoms with Crippen molar-refractivity contribution in [3.63, 3.8) is 0 Å². The Hall–Kier alpha value is -3.12. The van der Waals surface area contributed by atoms with Crippen LogP contribution in [0.2, 0.25) is 0 Å². The number of carbonyl (C=O) groups is 1. The van der Waals surface area contributed by atoms with Gasteiger partial charge in [0.05, 0.1) is 10.6 Å². The Morgan fingerprint density at radius 2 is 1.39 bits per heavy atom. The Morgan fingerprint density at radius 1 is 0.806 bits per heavy atom. The molecule has 6 heteroatoms. The van der Waals surface area contributed by atoms with E-state index in [1.54, 1.807) is 30.3 Å². The molecule has 3 aromatic rings. The molecule has 0 bridgehead atoms. The smallest absolute Gasteiger partial charge is 0.264 e. The van der Waals surface area contributed by atoms with Crippen molar-refractivity contribution in [3.05, 3.63) is 88.5 Å². The molecule has 0 spiro atoms. The van der Waals surface area contributed by atoms with Gasteiger partial charge in [-0.3, -0.25) is 9.10 Å². The largest absolute Gasteiger partial charge is 0.324 e. The number of anilines is 2. The van der Waals surface area contributed by atoms with Gasteiger partial charge in [-0.1, -0.05) is 53.6 Å². The van der Waals surface area contributed by atoms with Crippen molar-refractivity contribution in [2.45, 2.75) is 39.5 Å². The summed E-state index contributed by atoms with van der Waals surface area (Å²) in [6.45, 7) is 9.19. The number of sulfonamides is 1. The standard InChI is InChI=1S/C25H28N2O3S/c1-17-9-12-22(13-10-17)31(29,30)27(23-14-11-18(2)15-21(23)5)16-24(28)26-25-19(3)7-6-8-20(25)4/h6-15H,16H2,1-5H3,(H,26,28). The van der Waals surface area contributed by atoms with Gasteiger partial charge in [-0.2, -0.15) is 0 Å². The van der Waals surface area contributed by atoms with Gasteiger partial charge in [0.2, 0.25) is 5.91 Å². The maximum atomic E-state index is 13.5. The Labute approximate surface area is 184 Å². The lowest BCUT2D eigenvalue weighted by atomic mass is 10.1. The summed E-state index contributed by atoms with van der Waals surface area (Å²) in [7, 11) is -3.94. The molecule has 0 unspecified atom stereocenters. The summed E-state index contributed by atoms with van der Waals surface area (Å²) in [5.41, 5.74) is 5.82. The zero-order valence-corrected chi connectivity index (χ0v) is 19.4. The van der Waals surface area contributed by atoms with E-state index in [0.717, 1.165) is 27.8 Å². The summed E-state index contributed by atoms with van der Waals surface area (Å²) in [5.74, 6) is -0.395. The normalized spacial score (nSPS) is 11.3. The highest BCUT2D eigenvalue weighted by molar-refractivity contribution is 7.92. The fraction of sp³-hybridized carbons (Fsp3) is 0.240. The van der Waals surface area contributed by atoms with Gasteiger partial charge < -0.3 is 5.32 Å². The van der Waals surface area contributed by atoms with Crippen molar-refractivity contribution in [1.29, 1.82) is 0 Å². The number of benzene rings is 3. The van der Waals surface area contributed by atoms with Gasteiger partial charge in [-0.15, -0.1) is 0 Å². The molecule has 0 atom stereocenters. The minimum absolute atomic E-state index is 0.151. The summed E-state index contributed by atoms with van der Waals surface area (Å²) in [4.78, 5) is 13.1. The quantitative estimate of drug-likeness (QED) is 0.587. The zero-order chi connectivity index (χ0) is 22.8. The molecule has 5 nitrogen and oxygen atoms in total. The van der Waals surface area contributed by atoms with Crippen LogP contribution in [-0.4, -0.2) is 20.9 Å². The van der Waals surface area contributed by atoms with Crippen LogP contribution in [0.1, 0.15) is 27.8 Å². The second-order valence-electron chi connectivity index (χ2n) is 7.93. The number of rotatable bonds is 6. The number of aryl methyl sites for hydroxylation is 5. The first kappa shape index (κ1) is 22.6. The summed E-state index contributed by atoms with van der Waals surface area (Å²) in [5, 5.41) is 2.90. The summed E-state index contributed by atoms with van der Waals surface area (Å²) >= 11 is 0. The van der Waals surface area contributed by atoms with Gasteiger partial charge in [0.25, 0.3) is 10.0 Å². The Morgan fingerprint density at radius 3 is 1.97 bits per heavy atom. The van der Waals surface area contributed by atoms with E-state index in [-0.39, 0.29) is 11.4 Å². The number of amides is 1. The SMILES string of the molecule is Cc1ccc(S(=O)(=O)N(CC(=O)Nc2c(C)cccc2C)c2ccc(C)cc2C)cc1. The molecular weight excluding hydrogens is 408 g/mol. The van der Waals surface area contributed by atoms with Crippen molar-refractivity contribution < 1.29 is 13.2 Å². The fourth-order valence-corrected chi connectivity index (χ4v) is 5.03. The minimum Gasteiger partial charge on any atom is -0.324 e. The Bertz CT molecular complexity index is 1200. The number of para-hydroxylation sites is 1. The molecule has 0 aliphatic rings. The first-order valence-electron chi connectivity index (χ1n) is 10.1. The van der Waals surface area contributed by atoms with Gasteiger partial charge in [0.15, 0.2) is 0 Å². The first-order chi connectivity index (χ1) is 14.6. The highest BCUT2D eigenvalue weighted by Crippen LogP contribution is 2.28. The maximum Gasteiger partial charge on any atom is 0.264 e. The topological polar surface area (TPSA) is 66.5 Å². The lowest BCUT2D eigenvalue weighted by molar-refractivity contribution is -0.114. The average Bonchev–Trinajstić information content (AvgIpc) is 2.70. The van der Waals surface area contributed by atoms with E-state index < -0.39 is 15.9 Å². The minimum atomic E-state index is -3.94. The van der Waals surface area contributed by atoms with Crippen molar-refractivity contribution in [2.24, 2.45) is 0 Å². The molecule has 0 saturated heterocycles. The molecule has 0 fully saturated rings. The number of nitrogens with one attached hydrogen (secondary N) is 1. The lowest BCUT2D eigenvalue weighted by Crippen LogP contribution is -2.38. The Balaban J connectivity index is 2.02. The van der Waals surface area contributed by atoms with Crippen LogP contribution in [0.25, 0.3) is 0 Å². The molecule has 0 aliphatic heterocycles. The van der Waals surface area contributed by atoms with Gasteiger partial charge in [-0.25, -0.2) is 8.42 Å². The van der Waals surface area contributed by atoms with E-state index >= 15 is 0 Å². The van der Waals surface area contributed by atoms with E-state index in [1.807, 2.05) is 65.0 Å². The van der Waals surface area contributed by atoms with Gasteiger partial charge in [0, 0.05) is 5.69 Å². The number of carbonyl (C=O) groups excluding carboxylic acids is 1. The molecule has 0 aliphatic carbocycles. The van der Waals surface area contributed by atoms with Crippen molar-refractivity contribution in [2.75, 3.05) is 16.2 Å². The van der Waals surface area contributed by atoms with Crippen LogP contribution in [0.15, 0.2) is 65.6 Å². The third-order valence-electron chi connectivity index (χ3n) is 5.26. The summed E-state index contributed by atoms with van der Waals surface area (Å²) in [6.07, 6.45) is 0. The van der Waals surface area contributed by atoms with E-state index in [9.17, 15) is 13.2 Å². The van der Waals surface area contributed by atoms with Crippen LogP contribution in [0, 0.1) is 34.6 Å². The van der Waals surface area contributed by atoms with Crippen LogP contribution in [-0.2, 0) is 14.8 Å². The molecule has 1 amide bonds. The van der Waals surface area contributed by atoms with E-state index in [4.69, 9.17) is 0 Å². The second-order valence-corrected chi connectivity index (χ2v) is 9.79. The molecule has 3 rings (SSSR count). The highest BCUT2D eigenvalue weighted by atomic mass is 32.2. The fourth-order valence-electron chi connectivity index (χ4n) is 3.54. The van der Waals surface area contributed by atoms with Crippen LogP contribution in [0.4, 0.5) is 11.4 Å². The van der Waals surface area contributed by atoms with E-state index in [0.29, 0.717) is 11.4 Å². The molecule has 31 heavy (non-hydrogen) atoms. The molecule has 3 aromatic carbocycles. The second kappa shape index (κ2) is 8.94. The number of hydrogen-bond acceptors (Lipinski definition) is 3. The third kappa shape index (κ3) is 4.97. The van der Waals surface area contributed by atoms with Crippen LogP contribution >= 0.6 is 0 Å². The lowest BCUT2D eigenvalue weighted by Gasteiger charge is -2.26. The maximum absolute atomic E-state index is 13.5. The highest BCUT2D eigenvalue weighted by Gasteiger charge is 2.28. The van der Waals surface area contributed by atoms with Gasteiger partial charge >= 0.3 is 0 Å². The summed E-state index contributed by atoms with van der Waals surface area (Å²) in [6, 6.07) is 17.9. The Kier molecular flexibility index (Phi) is 6.51. The number of hydrogen-bond donors (Lipinski definition) is 1. The molecular formula is C25H28N2O3S. The van der Waals surface area contributed by atoms with Crippen molar-refractivity contribution >= 4 is 27.3 Å². The van der Waals surface area contributed by atoms with E-state index in [2.05, 4.69) is 5.32 Å². The molecule has 0 heterocycles. The molecule has 162 valence electrons. The molecule has 0 radical (unpaired) electrons. The average molecular weight is 437 g/mol. The van der Waals surface area contributed by atoms with Crippen molar-refractivity contribution in [3.8, 4) is 0 Å².